The SMILES string of the molecule is COC(=O)[C@]1(C)CCC[C@@]2(C)[C@@H]3C[C@@H]4CC[C@@]3(CC[C@@H]21)CC4CO. The number of aliphatic hydroxyl groups excluding tert-OH is 1. The molecule has 0 aliphatic heterocycles. The zero-order valence-electron chi connectivity index (χ0n) is 15.6. The summed E-state index contributed by atoms with van der Waals surface area (Å²) in [6.45, 7) is 5.05. The van der Waals surface area contributed by atoms with Gasteiger partial charge in [0.15, 0.2) is 0 Å². The predicted octanol–water partition coefficient (Wildman–Crippen LogP) is 4.18. The summed E-state index contributed by atoms with van der Waals surface area (Å²) in [6.07, 6.45) is 11.0. The second kappa shape index (κ2) is 5.46. The fraction of sp³-hybridized carbons (Fsp3) is 0.952. The second-order valence-electron chi connectivity index (χ2n) is 9.96. The first-order valence-corrected chi connectivity index (χ1v) is 10.1. The van der Waals surface area contributed by atoms with Crippen molar-refractivity contribution in [2.24, 2.45) is 39.9 Å². The van der Waals surface area contributed by atoms with Crippen molar-refractivity contribution < 1.29 is 14.6 Å². The van der Waals surface area contributed by atoms with Gasteiger partial charge in [-0.15, -0.1) is 0 Å². The standard InChI is InChI=1S/C21H34O3/c1-19-7-4-8-20(2,18(23)24-3)16(19)6-10-21-9-5-14(11-17(19)21)15(12-21)13-22/h14-17,22H,4-13H2,1-3H3/t14-,15?,16-,17-,19+,20+,21+/m0/s1. The fourth-order valence-electron chi connectivity index (χ4n) is 8.15. The lowest BCUT2D eigenvalue weighted by Gasteiger charge is -2.68. The van der Waals surface area contributed by atoms with E-state index in [1.807, 2.05) is 0 Å². The molecule has 24 heavy (non-hydrogen) atoms. The van der Waals surface area contributed by atoms with E-state index in [1.54, 1.807) is 7.11 Å². The van der Waals surface area contributed by atoms with Crippen molar-refractivity contribution in [2.45, 2.75) is 71.6 Å². The molecule has 0 aromatic carbocycles. The highest BCUT2D eigenvalue weighted by atomic mass is 16.5. The molecule has 2 bridgehead atoms. The Balaban J connectivity index is 1.70. The van der Waals surface area contributed by atoms with E-state index in [9.17, 15) is 9.90 Å². The second-order valence-corrected chi connectivity index (χ2v) is 9.96. The highest BCUT2D eigenvalue weighted by Crippen LogP contribution is 2.72. The number of esters is 1. The number of carbonyl (C=O) groups is 1. The monoisotopic (exact) mass is 334 g/mol. The van der Waals surface area contributed by atoms with Crippen LogP contribution in [-0.4, -0.2) is 24.8 Å². The zero-order chi connectivity index (χ0) is 17.2. The minimum atomic E-state index is -0.295. The molecule has 5 aliphatic carbocycles. The predicted molar refractivity (Wildman–Crippen MR) is 93.3 cm³/mol. The summed E-state index contributed by atoms with van der Waals surface area (Å²) in [5.74, 6) is 2.47. The van der Waals surface area contributed by atoms with E-state index in [-0.39, 0.29) is 16.8 Å². The van der Waals surface area contributed by atoms with Gasteiger partial charge in [0.1, 0.15) is 0 Å². The van der Waals surface area contributed by atoms with E-state index in [4.69, 9.17) is 4.74 Å². The fourth-order valence-corrected chi connectivity index (χ4v) is 8.15. The summed E-state index contributed by atoms with van der Waals surface area (Å²) in [6, 6.07) is 0. The van der Waals surface area contributed by atoms with Crippen LogP contribution >= 0.6 is 0 Å². The Bertz CT molecular complexity index is 531. The molecule has 0 heterocycles. The first-order chi connectivity index (χ1) is 11.4. The van der Waals surface area contributed by atoms with Gasteiger partial charge in [0.05, 0.1) is 12.5 Å². The number of aliphatic hydroxyl groups is 1. The van der Waals surface area contributed by atoms with Gasteiger partial charge >= 0.3 is 5.97 Å². The van der Waals surface area contributed by atoms with Crippen molar-refractivity contribution in [1.29, 1.82) is 0 Å². The van der Waals surface area contributed by atoms with Crippen LogP contribution in [0.3, 0.4) is 0 Å². The lowest BCUT2D eigenvalue weighted by atomic mass is 9.36. The molecule has 7 atom stereocenters. The van der Waals surface area contributed by atoms with Gasteiger partial charge in [-0.3, -0.25) is 4.79 Å². The number of hydrogen-bond acceptors (Lipinski definition) is 3. The Kier molecular flexibility index (Phi) is 3.84. The first-order valence-electron chi connectivity index (χ1n) is 10.1. The van der Waals surface area contributed by atoms with Crippen molar-refractivity contribution in [2.75, 3.05) is 13.7 Å². The van der Waals surface area contributed by atoms with Crippen LogP contribution in [0.15, 0.2) is 0 Å². The lowest BCUT2D eigenvalue weighted by molar-refractivity contribution is -0.208. The largest absolute Gasteiger partial charge is 0.469 e. The van der Waals surface area contributed by atoms with E-state index in [2.05, 4.69) is 13.8 Å². The molecule has 1 unspecified atom stereocenters. The molecular formula is C21H34O3. The summed E-state index contributed by atoms with van der Waals surface area (Å²) >= 11 is 0. The molecule has 1 N–H and O–H groups in total. The van der Waals surface area contributed by atoms with Crippen molar-refractivity contribution in [3.63, 3.8) is 0 Å². The number of ether oxygens (including phenoxy) is 1. The molecule has 3 nitrogen and oxygen atoms in total. The van der Waals surface area contributed by atoms with Crippen LogP contribution in [0.1, 0.15) is 71.6 Å². The molecule has 0 amide bonds. The molecule has 0 aromatic heterocycles. The van der Waals surface area contributed by atoms with Gasteiger partial charge in [-0.05, 0) is 92.8 Å². The average Bonchev–Trinajstić information content (AvgIpc) is 2.60. The number of carbonyl (C=O) groups excluding carboxylic acids is 1. The Hall–Kier alpha value is -0.570. The smallest absolute Gasteiger partial charge is 0.311 e. The van der Waals surface area contributed by atoms with Crippen molar-refractivity contribution >= 4 is 5.97 Å². The molecular weight excluding hydrogens is 300 g/mol. The Morgan fingerprint density at radius 3 is 2.58 bits per heavy atom. The van der Waals surface area contributed by atoms with Gasteiger partial charge in [-0.25, -0.2) is 0 Å². The van der Waals surface area contributed by atoms with Crippen LogP contribution in [0.2, 0.25) is 0 Å². The topological polar surface area (TPSA) is 46.5 Å². The summed E-state index contributed by atoms with van der Waals surface area (Å²) in [5, 5.41) is 9.82. The van der Waals surface area contributed by atoms with E-state index >= 15 is 0 Å². The average molecular weight is 335 g/mol. The molecule has 5 fully saturated rings. The maximum Gasteiger partial charge on any atom is 0.311 e. The zero-order valence-corrected chi connectivity index (χ0v) is 15.6. The molecule has 1 spiro atoms. The van der Waals surface area contributed by atoms with Crippen LogP contribution in [0.25, 0.3) is 0 Å². The third kappa shape index (κ3) is 2.03. The third-order valence-corrected chi connectivity index (χ3v) is 9.22. The first kappa shape index (κ1) is 16.9. The Morgan fingerprint density at radius 2 is 1.88 bits per heavy atom. The molecule has 0 radical (unpaired) electrons. The quantitative estimate of drug-likeness (QED) is 0.771. The summed E-state index contributed by atoms with van der Waals surface area (Å²) < 4.78 is 5.25. The highest BCUT2D eigenvalue weighted by molar-refractivity contribution is 5.77. The van der Waals surface area contributed by atoms with Gasteiger partial charge in [-0.2, -0.15) is 0 Å². The molecule has 3 heteroatoms. The van der Waals surface area contributed by atoms with Crippen molar-refractivity contribution in [3.8, 4) is 0 Å². The van der Waals surface area contributed by atoms with E-state index in [0.717, 1.165) is 18.8 Å². The molecule has 136 valence electrons. The van der Waals surface area contributed by atoms with E-state index in [0.29, 0.717) is 29.8 Å². The molecule has 5 rings (SSSR count). The molecule has 0 saturated heterocycles. The van der Waals surface area contributed by atoms with Crippen LogP contribution in [0, 0.1) is 39.9 Å². The summed E-state index contributed by atoms with van der Waals surface area (Å²) in [5.41, 5.74) is 0.427. The molecule has 5 saturated carbocycles. The summed E-state index contributed by atoms with van der Waals surface area (Å²) in [7, 11) is 1.55. The number of hydrogen-bond donors (Lipinski definition) is 1. The highest BCUT2D eigenvalue weighted by Gasteiger charge is 2.65. The van der Waals surface area contributed by atoms with Crippen LogP contribution in [0.4, 0.5) is 0 Å². The molecule has 5 aliphatic rings. The van der Waals surface area contributed by atoms with Gasteiger partial charge < -0.3 is 9.84 Å². The van der Waals surface area contributed by atoms with Crippen LogP contribution in [0.5, 0.6) is 0 Å². The van der Waals surface area contributed by atoms with E-state index < -0.39 is 0 Å². The van der Waals surface area contributed by atoms with Crippen LogP contribution in [-0.2, 0) is 9.53 Å². The normalized spacial score (nSPS) is 53.2. The number of rotatable bonds is 2. The number of methoxy groups -OCH3 is 1. The lowest BCUT2D eigenvalue weighted by Crippen LogP contribution is -2.62. The minimum Gasteiger partial charge on any atom is -0.469 e. The maximum atomic E-state index is 12.6. The molecule has 0 aromatic rings. The van der Waals surface area contributed by atoms with E-state index in [1.165, 1.54) is 44.9 Å². The van der Waals surface area contributed by atoms with Gasteiger partial charge in [0.2, 0.25) is 0 Å². The Labute approximate surface area is 146 Å². The van der Waals surface area contributed by atoms with Gasteiger partial charge in [-0.1, -0.05) is 13.3 Å². The van der Waals surface area contributed by atoms with Crippen LogP contribution < -0.4 is 0 Å². The van der Waals surface area contributed by atoms with Gasteiger partial charge in [0, 0.05) is 6.61 Å². The van der Waals surface area contributed by atoms with Crippen molar-refractivity contribution in [1.82, 2.24) is 0 Å². The minimum absolute atomic E-state index is 0.0172. The Morgan fingerprint density at radius 1 is 1.12 bits per heavy atom. The van der Waals surface area contributed by atoms with Crippen molar-refractivity contribution in [3.05, 3.63) is 0 Å². The number of fused-ring (bicyclic) bond motifs is 3. The summed E-state index contributed by atoms with van der Waals surface area (Å²) in [4.78, 5) is 12.6. The van der Waals surface area contributed by atoms with Gasteiger partial charge in [0.25, 0.3) is 0 Å². The maximum absolute atomic E-state index is 12.6. The third-order valence-electron chi connectivity index (χ3n) is 9.22.